The van der Waals surface area contributed by atoms with Crippen LogP contribution < -0.4 is 4.74 Å². The summed E-state index contributed by atoms with van der Waals surface area (Å²) in [6.45, 7) is 4.76. The lowest BCUT2D eigenvalue weighted by Crippen LogP contribution is -2.59. The van der Waals surface area contributed by atoms with Crippen LogP contribution in [0.4, 0.5) is 13.2 Å². The van der Waals surface area contributed by atoms with Gasteiger partial charge in [0, 0.05) is 42.8 Å². The molecule has 0 aliphatic carbocycles. The maximum absolute atomic E-state index is 12.7. The van der Waals surface area contributed by atoms with Crippen LogP contribution in [0.15, 0.2) is 42.6 Å². The fourth-order valence-corrected chi connectivity index (χ4v) is 5.35. The number of likely N-dealkylation sites (tertiary alicyclic amines) is 2. The van der Waals surface area contributed by atoms with Crippen molar-refractivity contribution in [3.05, 3.63) is 64.3 Å². The van der Waals surface area contributed by atoms with Crippen molar-refractivity contribution in [1.82, 2.24) is 14.8 Å². The number of aromatic amines is 1. The van der Waals surface area contributed by atoms with Crippen molar-refractivity contribution >= 4 is 28.5 Å². The standard InChI is InChI=1S/C20H25ClF3N3O.C7H6O2/c1-12-7-17(28-2)15(18-16(21)8-25-19(12)18)11-26-5-3-14(4-6-26)27-9-13(10-27)20(22,23)24;8-7(9)6-4-2-1-3-5-6/h7-8,13-14,25H,3-6,9-11H2,1-2H3;1-5H,(H,8,9). The summed E-state index contributed by atoms with van der Waals surface area (Å²) >= 11 is 6.43. The molecule has 0 bridgehead atoms. The number of hydrogen-bond donors (Lipinski definition) is 2. The number of ether oxygens (including phenoxy) is 1. The van der Waals surface area contributed by atoms with Gasteiger partial charge in [0.2, 0.25) is 0 Å². The van der Waals surface area contributed by atoms with Crippen LogP contribution in [0.25, 0.3) is 10.9 Å². The molecule has 6 nitrogen and oxygen atoms in total. The van der Waals surface area contributed by atoms with E-state index in [-0.39, 0.29) is 19.1 Å². The molecule has 200 valence electrons. The number of aryl methyl sites for hydroxylation is 1. The summed E-state index contributed by atoms with van der Waals surface area (Å²) < 4.78 is 43.8. The van der Waals surface area contributed by atoms with Crippen molar-refractivity contribution < 1.29 is 27.8 Å². The highest BCUT2D eigenvalue weighted by molar-refractivity contribution is 6.36. The Kier molecular flexibility index (Phi) is 8.36. The van der Waals surface area contributed by atoms with Gasteiger partial charge in [0.15, 0.2) is 0 Å². The number of carboxylic acids is 1. The van der Waals surface area contributed by atoms with E-state index in [4.69, 9.17) is 21.4 Å². The first kappa shape index (κ1) is 27.3. The van der Waals surface area contributed by atoms with Crippen LogP contribution >= 0.6 is 11.6 Å². The van der Waals surface area contributed by atoms with E-state index in [1.54, 1.807) is 43.6 Å². The second-order valence-corrected chi connectivity index (χ2v) is 10.0. The van der Waals surface area contributed by atoms with E-state index in [1.807, 2.05) is 17.9 Å². The summed E-state index contributed by atoms with van der Waals surface area (Å²) in [7, 11) is 1.66. The Morgan fingerprint density at radius 1 is 1.19 bits per heavy atom. The Morgan fingerprint density at radius 2 is 1.84 bits per heavy atom. The van der Waals surface area contributed by atoms with Gasteiger partial charge in [0.25, 0.3) is 0 Å². The highest BCUT2D eigenvalue weighted by Gasteiger charge is 2.48. The zero-order valence-electron chi connectivity index (χ0n) is 20.8. The third kappa shape index (κ3) is 6.22. The molecular formula is C27H31ClF3N3O3. The number of nitrogens with one attached hydrogen (secondary N) is 1. The van der Waals surface area contributed by atoms with E-state index in [0.29, 0.717) is 10.6 Å². The molecule has 2 N–H and O–H groups in total. The van der Waals surface area contributed by atoms with Crippen molar-refractivity contribution in [2.24, 2.45) is 5.92 Å². The number of rotatable bonds is 5. The number of H-pyrrole nitrogens is 1. The molecule has 0 unspecified atom stereocenters. The maximum Gasteiger partial charge on any atom is 0.394 e. The Balaban J connectivity index is 0.000000301. The van der Waals surface area contributed by atoms with E-state index in [0.717, 1.165) is 60.3 Å². The molecule has 2 fully saturated rings. The van der Waals surface area contributed by atoms with E-state index in [1.165, 1.54) is 0 Å². The summed E-state index contributed by atoms with van der Waals surface area (Å²) in [5, 5.41) is 10.1. The number of aromatic nitrogens is 1. The Hall–Kier alpha value is -2.75. The number of carboxylic acid groups (broad SMARTS) is 1. The Bertz CT molecular complexity index is 1220. The van der Waals surface area contributed by atoms with Gasteiger partial charge in [-0.3, -0.25) is 9.80 Å². The summed E-state index contributed by atoms with van der Waals surface area (Å²) in [4.78, 5) is 17.8. The van der Waals surface area contributed by atoms with E-state index >= 15 is 0 Å². The average molecular weight is 538 g/mol. The average Bonchev–Trinajstić information content (AvgIpc) is 3.23. The van der Waals surface area contributed by atoms with Crippen molar-refractivity contribution in [2.75, 3.05) is 33.3 Å². The minimum Gasteiger partial charge on any atom is -0.496 e. The molecule has 0 atom stereocenters. The van der Waals surface area contributed by atoms with E-state index < -0.39 is 18.1 Å². The zero-order valence-corrected chi connectivity index (χ0v) is 21.6. The first-order valence-corrected chi connectivity index (χ1v) is 12.6. The van der Waals surface area contributed by atoms with Gasteiger partial charge in [0.1, 0.15) is 5.75 Å². The Labute approximate surface area is 219 Å². The predicted molar refractivity (Wildman–Crippen MR) is 137 cm³/mol. The molecule has 10 heteroatoms. The number of halogens is 4. The molecule has 2 aliphatic rings. The van der Waals surface area contributed by atoms with Gasteiger partial charge in [-0.15, -0.1) is 0 Å². The van der Waals surface area contributed by atoms with Crippen molar-refractivity contribution in [3.8, 4) is 5.75 Å². The second kappa shape index (κ2) is 11.3. The molecule has 3 heterocycles. The monoisotopic (exact) mass is 537 g/mol. The first-order valence-electron chi connectivity index (χ1n) is 12.2. The summed E-state index contributed by atoms with van der Waals surface area (Å²) in [6.07, 6.45) is -0.471. The number of alkyl halides is 3. The number of carbonyl (C=O) groups is 1. The third-order valence-electron chi connectivity index (χ3n) is 7.24. The lowest BCUT2D eigenvalue weighted by Gasteiger charge is -2.47. The molecule has 0 radical (unpaired) electrons. The van der Waals surface area contributed by atoms with Crippen LogP contribution in [-0.2, 0) is 6.54 Å². The number of benzene rings is 2. The number of aromatic carboxylic acids is 1. The van der Waals surface area contributed by atoms with Gasteiger partial charge in [-0.05, 0) is 56.6 Å². The van der Waals surface area contributed by atoms with Crippen LogP contribution in [0, 0.1) is 12.8 Å². The third-order valence-corrected chi connectivity index (χ3v) is 7.54. The number of methoxy groups -OCH3 is 1. The quantitative estimate of drug-likeness (QED) is 0.419. The minimum atomic E-state index is -4.06. The Morgan fingerprint density at radius 3 is 2.38 bits per heavy atom. The molecule has 3 aromatic rings. The summed E-state index contributed by atoms with van der Waals surface area (Å²) in [5.41, 5.74) is 3.50. The molecule has 5 rings (SSSR count). The molecular weight excluding hydrogens is 507 g/mol. The summed E-state index contributed by atoms with van der Waals surface area (Å²) in [5.74, 6) is -1.20. The topological polar surface area (TPSA) is 68.8 Å². The van der Waals surface area contributed by atoms with Gasteiger partial charge >= 0.3 is 12.1 Å². The van der Waals surface area contributed by atoms with E-state index in [9.17, 15) is 18.0 Å². The van der Waals surface area contributed by atoms with Gasteiger partial charge in [0.05, 0.1) is 29.1 Å². The minimum absolute atomic E-state index is 0.152. The van der Waals surface area contributed by atoms with Gasteiger partial charge < -0.3 is 14.8 Å². The fourth-order valence-electron chi connectivity index (χ4n) is 5.09. The molecule has 0 spiro atoms. The fraction of sp³-hybridized carbons (Fsp3) is 0.444. The lowest BCUT2D eigenvalue weighted by molar-refractivity contribution is -0.215. The predicted octanol–water partition coefficient (Wildman–Crippen LogP) is 5.98. The van der Waals surface area contributed by atoms with Crippen LogP contribution in [0.3, 0.4) is 0 Å². The van der Waals surface area contributed by atoms with E-state index in [2.05, 4.69) is 9.88 Å². The molecule has 0 saturated carbocycles. The summed E-state index contributed by atoms with van der Waals surface area (Å²) in [6, 6.07) is 10.6. The SMILES string of the molecule is COc1cc(C)c2[nH]cc(Cl)c2c1CN1CCC(N2CC(C(F)(F)F)C2)CC1.O=C(O)c1ccccc1. The largest absolute Gasteiger partial charge is 0.496 e. The number of fused-ring (bicyclic) bond motifs is 1. The number of nitrogens with zero attached hydrogens (tertiary/aromatic N) is 2. The van der Waals surface area contributed by atoms with Crippen LogP contribution in [0.5, 0.6) is 5.75 Å². The van der Waals surface area contributed by atoms with Crippen LogP contribution in [0.2, 0.25) is 5.02 Å². The zero-order chi connectivity index (χ0) is 26.7. The number of piperidine rings is 1. The maximum atomic E-state index is 12.7. The molecule has 0 amide bonds. The molecule has 2 aromatic carbocycles. The highest BCUT2D eigenvalue weighted by Crippen LogP contribution is 2.38. The smallest absolute Gasteiger partial charge is 0.394 e. The van der Waals surface area contributed by atoms with Gasteiger partial charge in [-0.25, -0.2) is 4.79 Å². The van der Waals surface area contributed by atoms with Gasteiger partial charge in [-0.2, -0.15) is 13.2 Å². The molecule has 1 aromatic heterocycles. The first-order chi connectivity index (χ1) is 17.6. The van der Waals surface area contributed by atoms with Crippen molar-refractivity contribution in [1.29, 1.82) is 0 Å². The van der Waals surface area contributed by atoms with Crippen molar-refractivity contribution in [3.63, 3.8) is 0 Å². The normalized spacial score (nSPS) is 17.8. The van der Waals surface area contributed by atoms with Crippen LogP contribution in [0.1, 0.15) is 34.3 Å². The van der Waals surface area contributed by atoms with Gasteiger partial charge in [-0.1, -0.05) is 29.8 Å². The second-order valence-electron chi connectivity index (χ2n) is 9.63. The molecule has 2 saturated heterocycles. The number of hydrogen-bond acceptors (Lipinski definition) is 4. The molecule has 2 aliphatic heterocycles. The highest BCUT2D eigenvalue weighted by atomic mass is 35.5. The molecule has 37 heavy (non-hydrogen) atoms. The lowest BCUT2D eigenvalue weighted by atomic mass is 9.92. The van der Waals surface area contributed by atoms with Crippen LogP contribution in [-0.4, -0.2) is 71.4 Å². The van der Waals surface area contributed by atoms with Crippen molar-refractivity contribution in [2.45, 2.75) is 38.5 Å².